The summed E-state index contributed by atoms with van der Waals surface area (Å²) in [7, 11) is 0. The van der Waals surface area contributed by atoms with Crippen molar-refractivity contribution in [1.29, 1.82) is 10.5 Å². The Labute approximate surface area is 107 Å². The minimum Gasteiger partial charge on any atom is -0.417 e. The fourth-order valence-corrected chi connectivity index (χ4v) is 1.87. The molecule has 0 atom stereocenters. The third-order valence-electron chi connectivity index (χ3n) is 2.83. The molecular formula is C14H16N2O2. The molecule has 4 heteroatoms. The van der Waals surface area contributed by atoms with Gasteiger partial charge in [0.15, 0.2) is 0 Å². The van der Waals surface area contributed by atoms with E-state index < -0.39 is 11.2 Å². The number of hydrogen-bond donors (Lipinski definition) is 0. The second-order valence-electron chi connectivity index (χ2n) is 4.95. The van der Waals surface area contributed by atoms with E-state index in [1.165, 1.54) is 0 Å². The first-order valence-electron chi connectivity index (χ1n) is 5.59. The molecule has 0 heterocycles. The summed E-state index contributed by atoms with van der Waals surface area (Å²) in [6.45, 7) is 7.21. The first-order valence-corrected chi connectivity index (χ1v) is 5.59. The molecule has 0 fully saturated rings. The Bertz CT molecular complexity index is 460. The predicted molar refractivity (Wildman–Crippen MR) is 65.9 cm³/mol. The fourth-order valence-electron chi connectivity index (χ4n) is 1.87. The Morgan fingerprint density at radius 3 is 1.44 bits per heavy atom. The highest BCUT2D eigenvalue weighted by Gasteiger charge is 2.33. The van der Waals surface area contributed by atoms with Crippen molar-refractivity contribution in [3.8, 4) is 12.5 Å². The van der Waals surface area contributed by atoms with Crippen molar-refractivity contribution < 1.29 is 9.47 Å². The van der Waals surface area contributed by atoms with Crippen LogP contribution in [0.5, 0.6) is 0 Å². The summed E-state index contributed by atoms with van der Waals surface area (Å²) in [6, 6.07) is 7.47. The van der Waals surface area contributed by atoms with Gasteiger partial charge in [0.1, 0.15) is 11.2 Å². The van der Waals surface area contributed by atoms with E-state index in [0.29, 0.717) is 0 Å². The Morgan fingerprint density at radius 1 is 0.833 bits per heavy atom. The van der Waals surface area contributed by atoms with Gasteiger partial charge in [-0.1, -0.05) is 24.3 Å². The first-order chi connectivity index (χ1) is 8.35. The Kier molecular flexibility index (Phi) is 3.83. The van der Waals surface area contributed by atoms with E-state index in [-0.39, 0.29) is 0 Å². The molecule has 1 aromatic carbocycles. The van der Waals surface area contributed by atoms with Crippen LogP contribution in [0, 0.1) is 23.0 Å². The average molecular weight is 244 g/mol. The first kappa shape index (κ1) is 13.9. The number of nitriles is 2. The molecule has 0 aliphatic carbocycles. The summed E-state index contributed by atoms with van der Waals surface area (Å²) in [4.78, 5) is 0. The highest BCUT2D eigenvalue weighted by Crippen LogP contribution is 2.35. The lowest BCUT2D eigenvalue weighted by Gasteiger charge is -2.30. The quantitative estimate of drug-likeness (QED) is 0.763. The van der Waals surface area contributed by atoms with Crippen LogP contribution in [0.3, 0.4) is 0 Å². The molecule has 0 saturated carbocycles. The van der Waals surface area contributed by atoms with Gasteiger partial charge in [0, 0.05) is 11.1 Å². The van der Waals surface area contributed by atoms with Gasteiger partial charge in [0.25, 0.3) is 12.5 Å². The summed E-state index contributed by atoms with van der Waals surface area (Å²) in [5.74, 6) is 0. The lowest BCUT2D eigenvalue weighted by Crippen LogP contribution is -2.28. The molecule has 94 valence electrons. The van der Waals surface area contributed by atoms with Gasteiger partial charge >= 0.3 is 0 Å². The third kappa shape index (κ3) is 2.73. The standard InChI is InChI=1S/C14H16N2O2/c1-13(2,17-9-15)11-7-5-6-8-12(11)14(3,4)18-10-16/h5-8H,1-4H3. The van der Waals surface area contributed by atoms with Gasteiger partial charge in [-0.2, -0.15) is 10.5 Å². The molecule has 1 aromatic rings. The molecule has 0 aliphatic heterocycles. The molecule has 0 unspecified atom stereocenters. The van der Waals surface area contributed by atoms with Crippen LogP contribution in [0.15, 0.2) is 24.3 Å². The summed E-state index contributed by atoms with van der Waals surface area (Å²) >= 11 is 0. The van der Waals surface area contributed by atoms with Gasteiger partial charge in [-0.05, 0) is 27.7 Å². The van der Waals surface area contributed by atoms with E-state index in [1.54, 1.807) is 40.2 Å². The molecule has 0 radical (unpaired) electrons. The molecule has 18 heavy (non-hydrogen) atoms. The number of ether oxygens (including phenoxy) is 2. The molecule has 0 spiro atoms. The normalized spacial score (nSPS) is 11.2. The van der Waals surface area contributed by atoms with Crippen LogP contribution in [0.1, 0.15) is 38.8 Å². The van der Waals surface area contributed by atoms with Gasteiger partial charge in [-0.3, -0.25) is 0 Å². The van der Waals surface area contributed by atoms with Gasteiger partial charge in [-0.25, -0.2) is 0 Å². The van der Waals surface area contributed by atoms with Crippen molar-refractivity contribution in [3.05, 3.63) is 35.4 Å². The largest absolute Gasteiger partial charge is 0.417 e. The maximum atomic E-state index is 8.70. The van der Waals surface area contributed by atoms with Crippen molar-refractivity contribution >= 4 is 0 Å². The summed E-state index contributed by atoms with van der Waals surface area (Å²) in [5, 5.41) is 17.4. The van der Waals surface area contributed by atoms with E-state index in [1.807, 2.05) is 24.3 Å². The van der Waals surface area contributed by atoms with Gasteiger partial charge in [0.2, 0.25) is 0 Å². The van der Waals surface area contributed by atoms with Crippen LogP contribution in [0.25, 0.3) is 0 Å². The molecule has 0 N–H and O–H groups in total. The van der Waals surface area contributed by atoms with E-state index in [4.69, 9.17) is 20.0 Å². The molecule has 0 aliphatic rings. The third-order valence-corrected chi connectivity index (χ3v) is 2.83. The highest BCUT2D eigenvalue weighted by molar-refractivity contribution is 5.36. The van der Waals surface area contributed by atoms with Crippen LogP contribution in [-0.4, -0.2) is 0 Å². The lowest BCUT2D eigenvalue weighted by atomic mass is 9.85. The minimum atomic E-state index is -0.762. The predicted octanol–water partition coefficient (Wildman–Crippen LogP) is 3.15. The van der Waals surface area contributed by atoms with E-state index in [9.17, 15) is 0 Å². The zero-order chi connectivity index (χ0) is 13.8. The summed E-state index contributed by atoms with van der Waals surface area (Å²) in [5.41, 5.74) is 0.127. The second kappa shape index (κ2) is 4.98. The smallest absolute Gasteiger partial charge is 0.287 e. The van der Waals surface area contributed by atoms with Crippen LogP contribution < -0.4 is 0 Å². The van der Waals surface area contributed by atoms with Crippen molar-refractivity contribution in [2.75, 3.05) is 0 Å². The maximum absolute atomic E-state index is 8.70. The van der Waals surface area contributed by atoms with E-state index >= 15 is 0 Å². The van der Waals surface area contributed by atoms with Crippen LogP contribution in [0.2, 0.25) is 0 Å². The topological polar surface area (TPSA) is 66.0 Å². The van der Waals surface area contributed by atoms with Crippen molar-refractivity contribution in [3.63, 3.8) is 0 Å². The molecular weight excluding hydrogens is 228 g/mol. The SMILES string of the molecule is CC(C)(OC#N)c1ccccc1C(C)(C)OC#N. The average Bonchev–Trinajstić information content (AvgIpc) is 2.29. The molecule has 0 bridgehead atoms. The van der Waals surface area contributed by atoms with E-state index in [0.717, 1.165) is 11.1 Å². The number of rotatable bonds is 4. The van der Waals surface area contributed by atoms with E-state index in [2.05, 4.69) is 0 Å². The highest BCUT2D eigenvalue weighted by atomic mass is 16.5. The number of benzene rings is 1. The Morgan fingerprint density at radius 2 is 1.17 bits per heavy atom. The molecule has 0 amide bonds. The van der Waals surface area contributed by atoms with Crippen molar-refractivity contribution in [2.45, 2.75) is 38.9 Å². The lowest BCUT2D eigenvalue weighted by molar-refractivity contribution is 0.0457. The summed E-state index contributed by atoms with van der Waals surface area (Å²) < 4.78 is 10.2. The van der Waals surface area contributed by atoms with Gasteiger partial charge in [0.05, 0.1) is 0 Å². The maximum Gasteiger partial charge on any atom is 0.287 e. The second-order valence-corrected chi connectivity index (χ2v) is 4.95. The Hall–Kier alpha value is -2.20. The van der Waals surface area contributed by atoms with Crippen molar-refractivity contribution in [1.82, 2.24) is 0 Å². The fraction of sp³-hybridized carbons (Fsp3) is 0.429. The zero-order valence-corrected chi connectivity index (χ0v) is 11.0. The summed E-state index contributed by atoms with van der Waals surface area (Å²) in [6.07, 6.45) is 3.42. The minimum absolute atomic E-state index is 0.762. The van der Waals surface area contributed by atoms with Crippen LogP contribution >= 0.6 is 0 Å². The van der Waals surface area contributed by atoms with Crippen LogP contribution in [-0.2, 0) is 20.7 Å². The monoisotopic (exact) mass is 244 g/mol. The van der Waals surface area contributed by atoms with Gasteiger partial charge < -0.3 is 9.47 Å². The molecule has 0 aromatic heterocycles. The van der Waals surface area contributed by atoms with Crippen LogP contribution in [0.4, 0.5) is 0 Å². The van der Waals surface area contributed by atoms with Gasteiger partial charge in [-0.15, -0.1) is 0 Å². The number of hydrogen-bond acceptors (Lipinski definition) is 4. The Balaban J connectivity index is 3.33. The molecule has 1 rings (SSSR count). The van der Waals surface area contributed by atoms with Crippen molar-refractivity contribution in [2.24, 2.45) is 0 Å². The molecule has 4 nitrogen and oxygen atoms in total. The number of nitrogens with zero attached hydrogens (tertiary/aromatic N) is 2. The molecule has 0 saturated heterocycles. The zero-order valence-electron chi connectivity index (χ0n) is 11.0.